The second kappa shape index (κ2) is 10.4. The summed E-state index contributed by atoms with van der Waals surface area (Å²) in [5.74, 6) is 0.209. The quantitative estimate of drug-likeness (QED) is 0.264. The summed E-state index contributed by atoms with van der Waals surface area (Å²) in [6, 6.07) is 8.32. The highest BCUT2D eigenvalue weighted by Gasteiger charge is 2.51. The van der Waals surface area contributed by atoms with Crippen molar-refractivity contribution >= 4 is 5.97 Å². The van der Waals surface area contributed by atoms with E-state index >= 15 is 0 Å². The standard InChI is InChI=1S/C27H25F3N4O5/c1-4-37-26(35)27(39-17-7-9-20(28)19(13-17)23(29)30)10-5-11-34-24(32-33-25(27)34)16-6-8-18(21(12-16)36-3)22-14-31-15(2)38-22/h6-9,12-14,23H,4-5,10-11H2,1-3H3. The molecule has 9 nitrogen and oxygen atoms in total. The average molecular weight is 543 g/mol. The smallest absolute Gasteiger partial charge is 0.358 e. The summed E-state index contributed by atoms with van der Waals surface area (Å²) in [7, 11) is 1.53. The number of carbonyl (C=O) groups is 1. The molecule has 12 heteroatoms. The van der Waals surface area contributed by atoms with Gasteiger partial charge in [-0.15, -0.1) is 10.2 Å². The molecule has 2 aromatic carbocycles. The van der Waals surface area contributed by atoms with Gasteiger partial charge in [-0.2, -0.15) is 0 Å². The minimum atomic E-state index is -3.06. The first-order valence-electron chi connectivity index (χ1n) is 12.3. The average Bonchev–Trinajstić information content (AvgIpc) is 3.56. The third kappa shape index (κ3) is 4.70. The zero-order valence-corrected chi connectivity index (χ0v) is 21.4. The summed E-state index contributed by atoms with van der Waals surface area (Å²) in [5, 5.41) is 8.64. The summed E-state index contributed by atoms with van der Waals surface area (Å²) < 4.78 is 65.0. The molecule has 1 atom stereocenters. The molecule has 0 spiro atoms. The van der Waals surface area contributed by atoms with Crippen LogP contribution in [0.4, 0.5) is 13.2 Å². The molecule has 0 bridgehead atoms. The van der Waals surface area contributed by atoms with Crippen molar-refractivity contribution in [3.05, 3.63) is 65.7 Å². The van der Waals surface area contributed by atoms with Gasteiger partial charge < -0.3 is 23.2 Å². The van der Waals surface area contributed by atoms with E-state index in [1.165, 1.54) is 13.2 Å². The number of aromatic nitrogens is 4. The molecule has 0 saturated carbocycles. The molecule has 0 amide bonds. The fraction of sp³-hybridized carbons (Fsp3) is 0.333. The van der Waals surface area contributed by atoms with Gasteiger partial charge in [-0.05, 0) is 43.7 Å². The predicted octanol–water partition coefficient (Wildman–Crippen LogP) is 5.63. The molecule has 5 rings (SSSR count). The molecule has 39 heavy (non-hydrogen) atoms. The van der Waals surface area contributed by atoms with Gasteiger partial charge in [0, 0.05) is 25.5 Å². The van der Waals surface area contributed by atoms with Crippen molar-refractivity contribution in [3.63, 3.8) is 0 Å². The number of esters is 1. The fourth-order valence-electron chi connectivity index (χ4n) is 4.68. The first-order valence-corrected chi connectivity index (χ1v) is 12.3. The SMILES string of the molecule is CCOC(=O)C1(Oc2ccc(F)c(C(F)F)c2)CCCn2c(-c3ccc(-c4cnc(C)o4)c(OC)c3)nnc21. The summed E-state index contributed by atoms with van der Waals surface area (Å²) in [5.41, 5.74) is -1.28. The maximum Gasteiger partial charge on any atom is 0.358 e. The molecule has 1 aliphatic heterocycles. The van der Waals surface area contributed by atoms with Crippen LogP contribution in [-0.2, 0) is 21.7 Å². The summed E-state index contributed by atoms with van der Waals surface area (Å²) >= 11 is 0. The molecule has 0 fully saturated rings. The van der Waals surface area contributed by atoms with Gasteiger partial charge in [-0.1, -0.05) is 6.07 Å². The Morgan fingerprint density at radius 1 is 1.21 bits per heavy atom. The van der Waals surface area contributed by atoms with Crippen LogP contribution in [0, 0.1) is 12.7 Å². The van der Waals surface area contributed by atoms with Crippen molar-refractivity contribution in [3.8, 4) is 34.2 Å². The zero-order chi connectivity index (χ0) is 27.7. The molecule has 0 radical (unpaired) electrons. The van der Waals surface area contributed by atoms with Gasteiger partial charge in [-0.25, -0.2) is 22.9 Å². The summed E-state index contributed by atoms with van der Waals surface area (Å²) in [6.07, 6.45) is -0.844. The number of hydrogen-bond acceptors (Lipinski definition) is 8. The third-order valence-corrected chi connectivity index (χ3v) is 6.47. The third-order valence-electron chi connectivity index (χ3n) is 6.47. The number of nitrogens with zero attached hydrogens (tertiary/aromatic N) is 4. The zero-order valence-electron chi connectivity index (χ0n) is 21.4. The maximum absolute atomic E-state index is 13.9. The van der Waals surface area contributed by atoms with Gasteiger partial charge in [0.05, 0.1) is 31.0 Å². The van der Waals surface area contributed by atoms with Gasteiger partial charge in [0.15, 0.2) is 23.3 Å². The van der Waals surface area contributed by atoms with Crippen molar-refractivity contribution in [2.45, 2.75) is 45.3 Å². The minimum absolute atomic E-state index is 0.0520. The van der Waals surface area contributed by atoms with Gasteiger partial charge in [0.25, 0.3) is 12.0 Å². The van der Waals surface area contributed by atoms with Crippen LogP contribution < -0.4 is 9.47 Å². The molecule has 2 aromatic heterocycles. The Balaban J connectivity index is 1.58. The first-order chi connectivity index (χ1) is 18.8. The van der Waals surface area contributed by atoms with Crippen molar-refractivity contribution in [1.82, 2.24) is 19.7 Å². The van der Waals surface area contributed by atoms with Crippen LogP contribution >= 0.6 is 0 Å². The van der Waals surface area contributed by atoms with Crippen LogP contribution in [0.3, 0.4) is 0 Å². The summed E-state index contributed by atoms with van der Waals surface area (Å²) in [4.78, 5) is 17.5. The van der Waals surface area contributed by atoms with E-state index in [1.807, 2.05) is 6.07 Å². The van der Waals surface area contributed by atoms with E-state index in [1.54, 1.807) is 36.7 Å². The Kier molecular flexibility index (Phi) is 7.02. The lowest BCUT2D eigenvalue weighted by Crippen LogP contribution is -2.47. The highest BCUT2D eigenvalue weighted by molar-refractivity contribution is 5.81. The molecular formula is C27H25F3N4O5. The van der Waals surface area contributed by atoms with Gasteiger partial charge in [0.2, 0.25) is 0 Å². The molecule has 0 N–H and O–H groups in total. The highest BCUT2D eigenvalue weighted by atomic mass is 19.3. The van der Waals surface area contributed by atoms with E-state index in [0.717, 1.165) is 12.1 Å². The Morgan fingerprint density at radius 2 is 2.03 bits per heavy atom. The Hall–Kier alpha value is -4.35. The van der Waals surface area contributed by atoms with Crippen LogP contribution in [0.2, 0.25) is 0 Å². The minimum Gasteiger partial charge on any atom is -0.496 e. The van der Waals surface area contributed by atoms with Crippen molar-refractivity contribution in [1.29, 1.82) is 0 Å². The lowest BCUT2D eigenvalue weighted by molar-refractivity contribution is -0.166. The van der Waals surface area contributed by atoms with Crippen molar-refractivity contribution in [2.75, 3.05) is 13.7 Å². The van der Waals surface area contributed by atoms with E-state index < -0.39 is 29.4 Å². The van der Waals surface area contributed by atoms with Crippen LogP contribution in [0.1, 0.15) is 43.5 Å². The number of halogens is 3. The normalized spacial score (nSPS) is 16.7. The Bertz CT molecular complexity index is 1520. The maximum atomic E-state index is 13.9. The highest BCUT2D eigenvalue weighted by Crippen LogP contribution is 2.41. The molecule has 1 unspecified atom stereocenters. The van der Waals surface area contributed by atoms with Crippen LogP contribution in [0.25, 0.3) is 22.7 Å². The van der Waals surface area contributed by atoms with Gasteiger partial charge >= 0.3 is 5.97 Å². The Labute approximate surface area is 221 Å². The molecule has 1 aliphatic rings. The number of methoxy groups -OCH3 is 1. The number of alkyl halides is 2. The second-order valence-electron chi connectivity index (χ2n) is 8.89. The van der Waals surface area contributed by atoms with E-state index in [9.17, 15) is 18.0 Å². The van der Waals surface area contributed by atoms with Gasteiger partial charge in [0.1, 0.15) is 17.3 Å². The van der Waals surface area contributed by atoms with E-state index in [-0.39, 0.29) is 24.6 Å². The predicted molar refractivity (Wildman–Crippen MR) is 132 cm³/mol. The summed E-state index contributed by atoms with van der Waals surface area (Å²) in [6.45, 7) is 3.89. The van der Waals surface area contributed by atoms with E-state index in [4.69, 9.17) is 18.6 Å². The topological polar surface area (TPSA) is 102 Å². The molecule has 0 saturated heterocycles. The number of carbonyl (C=O) groups excluding carboxylic acids is 1. The second-order valence-corrected chi connectivity index (χ2v) is 8.89. The van der Waals surface area contributed by atoms with Crippen molar-refractivity contribution < 1.29 is 36.6 Å². The number of ether oxygens (including phenoxy) is 3. The monoisotopic (exact) mass is 542 g/mol. The molecule has 204 valence electrons. The molecule has 4 aromatic rings. The fourth-order valence-corrected chi connectivity index (χ4v) is 4.68. The number of fused-ring (bicyclic) bond motifs is 1. The Morgan fingerprint density at radius 3 is 2.72 bits per heavy atom. The molecular weight excluding hydrogens is 517 g/mol. The van der Waals surface area contributed by atoms with E-state index in [2.05, 4.69) is 15.2 Å². The number of rotatable bonds is 8. The number of benzene rings is 2. The van der Waals surface area contributed by atoms with E-state index in [0.29, 0.717) is 47.3 Å². The molecule has 3 heterocycles. The number of oxazole rings is 1. The first kappa shape index (κ1) is 26.3. The lowest BCUT2D eigenvalue weighted by Gasteiger charge is -2.35. The largest absolute Gasteiger partial charge is 0.496 e. The lowest BCUT2D eigenvalue weighted by atomic mass is 9.92. The van der Waals surface area contributed by atoms with Crippen molar-refractivity contribution in [2.24, 2.45) is 0 Å². The van der Waals surface area contributed by atoms with Crippen LogP contribution in [-0.4, -0.2) is 39.4 Å². The van der Waals surface area contributed by atoms with Gasteiger partial charge in [-0.3, -0.25) is 0 Å². The number of aryl methyl sites for hydroxylation is 1. The van der Waals surface area contributed by atoms with Crippen LogP contribution in [0.15, 0.2) is 47.0 Å². The van der Waals surface area contributed by atoms with Crippen LogP contribution in [0.5, 0.6) is 11.5 Å². The number of hydrogen-bond donors (Lipinski definition) is 0. The molecule has 0 aliphatic carbocycles.